The van der Waals surface area contributed by atoms with Crippen LogP contribution in [-0.4, -0.2) is 32.8 Å². The van der Waals surface area contributed by atoms with Crippen LogP contribution < -0.4 is 5.32 Å². The first-order valence-corrected chi connectivity index (χ1v) is 5.33. The Hall–Kier alpha value is -0.870. The highest BCUT2D eigenvalue weighted by Gasteiger charge is 2.18. The van der Waals surface area contributed by atoms with E-state index in [-0.39, 0.29) is 17.5 Å². The molecule has 4 heteroatoms. The van der Waals surface area contributed by atoms with Gasteiger partial charge in [0.25, 0.3) is 0 Å². The lowest BCUT2D eigenvalue weighted by Crippen LogP contribution is -2.29. The molecule has 1 N–H and O–H groups in total. The maximum absolute atomic E-state index is 11.7. The van der Waals surface area contributed by atoms with Gasteiger partial charge in [-0.1, -0.05) is 20.8 Å². The van der Waals surface area contributed by atoms with Crippen molar-refractivity contribution in [1.82, 2.24) is 5.32 Å². The summed E-state index contributed by atoms with van der Waals surface area (Å²) in [4.78, 5) is 11.7. The van der Waals surface area contributed by atoms with Crippen LogP contribution in [0.5, 0.6) is 0 Å². The molecule has 0 aliphatic heterocycles. The highest BCUT2D eigenvalue weighted by molar-refractivity contribution is 5.94. The molecular weight excluding hydrogens is 206 g/mol. The summed E-state index contributed by atoms with van der Waals surface area (Å²) in [6.07, 6.45) is 1.32. The summed E-state index contributed by atoms with van der Waals surface area (Å²) in [6, 6.07) is 0. The van der Waals surface area contributed by atoms with Gasteiger partial charge >= 0.3 is 0 Å². The Balaban J connectivity index is 4.20. The Morgan fingerprint density at radius 2 is 1.81 bits per heavy atom. The molecule has 4 nitrogen and oxygen atoms in total. The average molecular weight is 229 g/mol. The van der Waals surface area contributed by atoms with Gasteiger partial charge in [0.15, 0.2) is 12.1 Å². The van der Waals surface area contributed by atoms with Crippen molar-refractivity contribution in [3.8, 4) is 0 Å². The minimum Gasteiger partial charge on any atom is -0.383 e. The topological polar surface area (TPSA) is 47.6 Å². The maximum Gasteiger partial charge on any atom is 0.173 e. The number of ether oxygens (including phenoxy) is 2. The Labute approximate surface area is 98.0 Å². The fraction of sp³-hybridized carbons (Fsp3) is 0.750. The third-order valence-electron chi connectivity index (χ3n) is 2.16. The van der Waals surface area contributed by atoms with Crippen molar-refractivity contribution < 1.29 is 14.3 Å². The van der Waals surface area contributed by atoms with Gasteiger partial charge in [-0.05, 0) is 6.92 Å². The third kappa shape index (κ3) is 5.88. The molecule has 0 rings (SSSR count). The number of nitrogens with one attached hydrogen (secondary N) is 1. The smallest absolute Gasteiger partial charge is 0.173 e. The lowest BCUT2D eigenvalue weighted by atomic mass is 9.90. The second-order valence-corrected chi connectivity index (χ2v) is 4.72. The van der Waals surface area contributed by atoms with Crippen molar-refractivity contribution >= 4 is 5.78 Å². The first-order chi connectivity index (χ1) is 7.31. The van der Waals surface area contributed by atoms with Crippen LogP contribution in [0.15, 0.2) is 11.8 Å². The fourth-order valence-electron chi connectivity index (χ4n) is 0.971. The zero-order chi connectivity index (χ0) is 12.8. The van der Waals surface area contributed by atoms with Gasteiger partial charge in [0, 0.05) is 31.4 Å². The van der Waals surface area contributed by atoms with Crippen molar-refractivity contribution in [1.29, 1.82) is 0 Å². The highest BCUT2D eigenvalue weighted by Crippen LogP contribution is 2.15. The first-order valence-electron chi connectivity index (χ1n) is 5.33. The van der Waals surface area contributed by atoms with E-state index in [1.54, 1.807) is 20.3 Å². The number of rotatable bonds is 6. The molecule has 0 unspecified atom stereocenters. The van der Waals surface area contributed by atoms with Crippen LogP contribution in [0, 0.1) is 5.41 Å². The van der Waals surface area contributed by atoms with Gasteiger partial charge < -0.3 is 14.8 Å². The summed E-state index contributed by atoms with van der Waals surface area (Å²) in [6.45, 7) is 8.06. The average Bonchev–Trinajstić information content (AvgIpc) is 2.17. The third-order valence-corrected chi connectivity index (χ3v) is 2.16. The minimum absolute atomic E-state index is 0.101. The molecule has 0 spiro atoms. The van der Waals surface area contributed by atoms with Crippen molar-refractivity contribution in [2.24, 2.45) is 5.41 Å². The number of carbonyl (C=O) groups is 1. The van der Waals surface area contributed by atoms with Crippen molar-refractivity contribution in [3.05, 3.63) is 11.8 Å². The zero-order valence-electron chi connectivity index (χ0n) is 11.1. The van der Waals surface area contributed by atoms with E-state index in [4.69, 9.17) is 9.47 Å². The van der Waals surface area contributed by atoms with Gasteiger partial charge in [-0.25, -0.2) is 0 Å². The highest BCUT2D eigenvalue weighted by atomic mass is 16.7. The van der Waals surface area contributed by atoms with Gasteiger partial charge in [-0.2, -0.15) is 0 Å². The molecule has 0 aromatic carbocycles. The summed E-state index contributed by atoms with van der Waals surface area (Å²) >= 11 is 0. The molecule has 0 aliphatic rings. The van der Waals surface area contributed by atoms with E-state index < -0.39 is 0 Å². The molecule has 0 radical (unpaired) electrons. The Bertz CT molecular complexity index is 249. The fourth-order valence-corrected chi connectivity index (χ4v) is 0.971. The monoisotopic (exact) mass is 229 g/mol. The van der Waals surface area contributed by atoms with E-state index in [1.807, 2.05) is 27.7 Å². The molecule has 0 saturated heterocycles. The predicted octanol–water partition coefficient (Wildman–Crippen LogP) is 1.71. The molecule has 0 aromatic heterocycles. The predicted molar refractivity (Wildman–Crippen MR) is 64.0 cm³/mol. The van der Waals surface area contributed by atoms with Gasteiger partial charge in [0.1, 0.15) is 0 Å². The summed E-state index contributed by atoms with van der Waals surface area (Å²) < 4.78 is 10.1. The van der Waals surface area contributed by atoms with E-state index in [0.29, 0.717) is 6.54 Å². The Morgan fingerprint density at radius 1 is 1.31 bits per heavy atom. The van der Waals surface area contributed by atoms with E-state index in [1.165, 1.54) is 0 Å². The summed E-state index contributed by atoms with van der Waals surface area (Å²) in [5.74, 6) is 0.101. The van der Waals surface area contributed by atoms with Crippen molar-refractivity contribution in [2.75, 3.05) is 20.8 Å². The first kappa shape index (κ1) is 15.1. The standard InChI is InChI=1S/C12H23NO3/c1-9(7-10(14)12(2,3)4)13-8-11(15-5)16-6/h7,11,13H,8H2,1-6H3/b9-7-. The lowest BCUT2D eigenvalue weighted by Gasteiger charge is -2.17. The second kappa shape index (κ2) is 6.66. The van der Waals surface area contributed by atoms with Crippen LogP contribution in [0.25, 0.3) is 0 Å². The molecule has 0 bridgehead atoms. The van der Waals surface area contributed by atoms with E-state index >= 15 is 0 Å². The van der Waals surface area contributed by atoms with E-state index in [2.05, 4.69) is 5.32 Å². The van der Waals surface area contributed by atoms with E-state index in [9.17, 15) is 4.79 Å². The molecular formula is C12H23NO3. The van der Waals surface area contributed by atoms with E-state index in [0.717, 1.165) is 5.70 Å². The van der Waals surface area contributed by atoms with Gasteiger partial charge in [0.2, 0.25) is 0 Å². The SMILES string of the molecule is COC(CN/C(C)=C\C(=O)C(C)(C)C)OC. The van der Waals surface area contributed by atoms with Gasteiger partial charge in [-0.3, -0.25) is 4.79 Å². The molecule has 16 heavy (non-hydrogen) atoms. The molecule has 94 valence electrons. The van der Waals surface area contributed by atoms with Crippen LogP contribution >= 0.6 is 0 Å². The molecule has 0 saturated carbocycles. The number of hydrogen-bond donors (Lipinski definition) is 1. The minimum atomic E-state index is -0.342. The second-order valence-electron chi connectivity index (χ2n) is 4.72. The number of methoxy groups -OCH3 is 2. The van der Waals surface area contributed by atoms with Crippen LogP contribution in [0.2, 0.25) is 0 Å². The van der Waals surface area contributed by atoms with Crippen molar-refractivity contribution in [2.45, 2.75) is 34.0 Å². The number of hydrogen-bond acceptors (Lipinski definition) is 4. The number of ketones is 1. The largest absolute Gasteiger partial charge is 0.383 e. The zero-order valence-corrected chi connectivity index (χ0v) is 11.1. The molecule has 0 heterocycles. The van der Waals surface area contributed by atoms with Crippen LogP contribution in [0.4, 0.5) is 0 Å². The maximum atomic E-state index is 11.7. The van der Waals surface area contributed by atoms with Gasteiger partial charge in [-0.15, -0.1) is 0 Å². The summed E-state index contributed by atoms with van der Waals surface area (Å²) in [5, 5.41) is 3.08. The summed E-state index contributed by atoms with van der Waals surface area (Å²) in [7, 11) is 3.16. The van der Waals surface area contributed by atoms with Crippen LogP contribution in [0.1, 0.15) is 27.7 Å². The van der Waals surface area contributed by atoms with Crippen LogP contribution in [-0.2, 0) is 14.3 Å². The van der Waals surface area contributed by atoms with Crippen molar-refractivity contribution in [3.63, 3.8) is 0 Å². The molecule has 0 aliphatic carbocycles. The summed E-state index contributed by atoms with van der Waals surface area (Å²) in [5.41, 5.74) is 0.476. The number of allylic oxidation sites excluding steroid dienone is 2. The molecule has 0 amide bonds. The van der Waals surface area contributed by atoms with Gasteiger partial charge in [0.05, 0.1) is 6.54 Å². The lowest BCUT2D eigenvalue weighted by molar-refractivity contribution is -0.121. The Morgan fingerprint density at radius 3 is 2.19 bits per heavy atom. The normalized spacial score (nSPS) is 13.1. The Kier molecular flexibility index (Phi) is 6.29. The van der Waals surface area contributed by atoms with Crippen LogP contribution in [0.3, 0.4) is 0 Å². The molecule has 0 fully saturated rings. The quantitative estimate of drug-likeness (QED) is 0.556. The molecule has 0 aromatic rings. The molecule has 0 atom stereocenters. The number of carbonyl (C=O) groups excluding carboxylic acids is 1.